The molecule has 2 aromatic heterocycles. The second kappa shape index (κ2) is 10.2. The van der Waals surface area contributed by atoms with E-state index in [1.807, 2.05) is 41.6 Å². The zero-order valence-electron chi connectivity index (χ0n) is 20.6. The normalized spacial score (nSPS) is 16.0. The molecule has 5 rings (SSSR count). The van der Waals surface area contributed by atoms with Crippen molar-refractivity contribution in [2.45, 2.75) is 45.0 Å². The molecule has 0 bridgehead atoms. The number of hydrogen-bond donors (Lipinski definition) is 2. The quantitative estimate of drug-likeness (QED) is 0.298. The van der Waals surface area contributed by atoms with Crippen molar-refractivity contribution in [3.8, 4) is 11.4 Å². The molecule has 2 N–H and O–H groups in total. The summed E-state index contributed by atoms with van der Waals surface area (Å²) in [6.07, 6.45) is 5.53. The second-order valence-electron chi connectivity index (χ2n) is 9.74. The van der Waals surface area contributed by atoms with Gasteiger partial charge in [0.15, 0.2) is 0 Å². The molecule has 1 saturated heterocycles. The number of imidazole rings is 1. The van der Waals surface area contributed by atoms with Gasteiger partial charge in [-0.3, -0.25) is 4.79 Å². The van der Waals surface area contributed by atoms with Gasteiger partial charge >= 0.3 is 5.97 Å². The van der Waals surface area contributed by atoms with Crippen molar-refractivity contribution in [2.75, 3.05) is 18.0 Å². The highest BCUT2D eigenvalue weighted by atomic mass is 19.3. The van der Waals surface area contributed by atoms with Crippen LogP contribution in [0.25, 0.3) is 22.4 Å². The predicted octanol–water partition coefficient (Wildman–Crippen LogP) is 5.80. The van der Waals surface area contributed by atoms with Crippen molar-refractivity contribution in [1.29, 1.82) is 0 Å². The number of halogens is 2. The molecule has 0 amide bonds. The molecule has 1 aliphatic heterocycles. The Balaban J connectivity index is 1.24. The first-order valence-corrected chi connectivity index (χ1v) is 12.6. The van der Waals surface area contributed by atoms with Crippen molar-refractivity contribution in [3.05, 3.63) is 71.5 Å². The van der Waals surface area contributed by atoms with Gasteiger partial charge < -0.3 is 15.0 Å². The Hall–Kier alpha value is -3.88. The second-order valence-corrected chi connectivity index (χ2v) is 9.74. The van der Waals surface area contributed by atoms with Crippen molar-refractivity contribution in [1.82, 2.24) is 19.9 Å². The summed E-state index contributed by atoms with van der Waals surface area (Å²) in [5.41, 5.74) is 4.18. The molecule has 1 unspecified atom stereocenters. The van der Waals surface area contributed by atoms with Crippen LogP contribution in [0.3, 0.4) is 0 Å². The molecule has 9 heteroatoms. The van der Waals surface area contributed by atoms with Gasteiger partial charge in [0.1, 0.15) is 5.82 Å². The number of fused-ring (bicyclic) bond motifs is 1. The van der Waals surface area contributed by atoms with E-state index >= 15 is 0 Å². The molecule has 0 spiro atoms. The van der Waals surface area contributed by atoms with Crippen LogP contribution in [-0.2, 0) is 17.1 Å². The van der Waals surface area contributed by atoms with Gasteiger partial charge in [0.25, 0.3) is 5.92 Å². The number of alkyl halides is 2. The van der Waals surface area contributed by atoms with Gasteiger partial charge in [-0.25, -0.2) is 23.7 Å². The highest BCUT2D eigenvalue weighted by molar-refractivity contribution is 5.80. The van der Waals surface area contributed by atoms with Crippen LogP contribution in [0.1, 0.15) is 49.3 Å². The number of anilines is 1. The van der Waals surface area contributed by atoms with E-state index in [-0.39, 0.29) is 24.3 Å². The maximum absolute atomic E-state index is 14.3. The van der Waals surface area contributed by atoms with Crippen molar-refractivity contribution < 1.29 is 18.7 Å². The van der Waals surface area contributed by atoms with Crippen LogP contribution >= 0.6 is 0 Å². The van der Waals surface area contributed by atoms with Gasteiger partial charge in [0.2, 0.25) is 5.95 Å². The first kappa shape index (κ1) is 24.8. The summed E-state index contributed by atoms with van der Waals surface area (Å²) in [5, 5.41) is 9.00. The minimum Gasteiger partial charge on any atom is -0.481 e. The zero-order valence-corrected chi connectivity index (χ0v) is 20.6. The van der Waals surface area contributed by atoms with Crippen LogP contribution in [0.4, 0.5) is 14.7 Å². The zero-order chi connectivity index (χ0) is 26.0. The number of H-pyrrole nitrogens is 1. The van der Waals surface area contributed by atoms with Gasteiger partial charge in [-0.1, -0.05) is 43.7 Å². The minimum absolute atomic E-state index is 0.00504. The van der Waals surface area contributed by atoms with E-state index in [1.165, 1.54) is 12.1 Å². The molecule has 37 heavy (non-hydrogen) atoms. The predicted molar refractivity (Wildman–Crippen MR) is 138 cm³/mol. The van der Waals surface area contributed by atoms with Crippen molar-refractivity contribution in [3.63, 3.8) is 0 Å². The van der Waals surface area contributed by atoms with Gasteiger partial charge in [-0.05, 0) is 35.6 Å². The fraction of sp³-hybridized carbons (Fsp3) is 0.357. The lowest BCUT2D eigenvalue weighted by Crippen LogP contribution is -2.22. The van der Waals surface area contributed by atoms with E-state index in [0.717, 1.165) is 29.7 Å². The number of aromatic amines is 1. The number of carbonyl (C=O) groups is 1. The summed E-state index contributed by atoms with van der Waals surface area (Å²) in [5.74, 6) is -2.22. The van der Waals surface area contributed by atoms with E-state index in [4.69, 9.17) is 5.11 Å². The Morgan fingerprint density at radius 3 is 2.59 bits per heavy atom. The summed E-state index contributed by atoms with van der Waals surface area (Å²) in [4.78, 5) is 29.7. The molecule has 1 fully saturated rings. The highest BCUT2D eigenvalue weighted by Gasteiger charge is 2.30. The Labute approximate surface area is 213 Å². The van der Waals surface area contributed by atoms with Gasteiger partial charge in [0, 0.05) is 55.9 Å². The molecule has 7 nitrogen and oxygen atoms in total. The number of carboxylic acid groups (broad SMARTS) is 1. The van der Waals surface area contributed by atoms with Gasteiger partial charge in [0.05, 0.1) is 11.0 Å². The summed E-state index contributed by atoms with van der Waals surface area (Å²) in [6, 6.07) is 12.5. The monoisotopic (exact) mass is 505 g/mol. The summed E-state index contributed by atoms with van der Waals surface area (Å²) in [7, 11) is 0. The number of nitrogens with one attached hydrogen (secondary N) is 1. The first-order valence-electron chi connectivity index (χ1n) is 12.6. The third kappa shape index (κ3) is 5.60. The lowest BCUT2D eigenvalue weighted by Gasteiger charge is -2.16. The lowest BCUT2D eigenvalue weighted by atomic mass is 10.0. The maximum atomic E-state index is 14.3. The Morgan fingerprint density at radius 1 is 1.14 bits per heavy atom. The Bertz CT molecular complexity index is 1390. The van der Waals surface area contributed by atoms with E-state index in [1.54, 1.807) is 13.0 Å². The topological polar surface area (TPSA) is 95.0 Å². The van der Waals surface area contributed by atoms with E-state index < -0.39 is 11.9 Å². The fourth-order valence-electron chi connectivity index (χ4n) is 4.88. The third-order valence-corrected chi connectivity index (χ3v) is 6.83. The fourth-order valence-corrected chi connectivity index (χ4v) is 4.88. The molecule has 2 aromatic carbocycles. The number of aromatic nitrogens is 4. The molecule has 192 valence electrons. The SMILES string of the molecule is CCCC(F)(F)c1ccc2nc(-c3ccc(Cc4cnc(N5CCC(CC(=O)O)C5)nc4)cc3)[nH]c2c1. The Kier molecular flexibility index (Phi) is 6.86. The van der Waals surface area contributed by atoms with Gasteiger partial charge in [-0.15, -0.1) is 0 Å². The summed E-state index contributed by atoms with van der Waals surface area (Å²) in [6.45, 7) is 3.18. The smallest absolute Gasteiger partial charge is 0.303 e. The number of benzene rings is 2. The van der Waals surface area contributed by atoms with Crippen LogP contribution in [0.2, 0.25) is 0 Å². The van der Waals surface area contributed by atoms with Crippen molar-refractivity contribution in [2.24, 2.45) is 5.92 Å². The molecule has 0 saturated carbocycles. The molecule has 1 atom stereocenters. The average Bonchev–Trinajstić information content (AvgIpc) is 3.51. The maximum Gasteiger partial charge on any atom is 0.303 e. The number of aliphatic carboxylic acids is 1. The summed E-state index contributed by atoms with van der Waals surface area (Å²) >= 11 is 0. The standard InChI is InChI=1S/C28H29F2N5O2/c1-2-10-28(29,30)22-7-8-23-24(14-22)34-26(33-23)21-5-3-18(4-6-21)12-20-15-31-27(32-16-20)35-11-9-19(17-35)13-25(36)37/h3-8,14-16,19H,2,9-13,17H2,1H3,(H,33,34)(H,36,37). The first-order chi connectivity index (χ1) is 17.8. The highest BCUT2D eigenvalue weighted by Crippen LogP contribution is 2.34. The van der Waals surface area contributed by atoms with Crippen LogP contribution in [0.5, 0.6) is 0 Å². The molecule has 1 aliphatic rings. The van der Waals surface area contributed by atoms with Crippen LogP contribution in [0, 0.1) is 5.92 Å². The molecular weight excluding hydrogens is 476 g/mol. The molecule has 0 radical (unpaired) electrons. The summed E-state index contributed by atoms with van der Waals surface area (Å²) < 4.78 is 28.7. The molecule has 3 heterocycles. The number of hydrogen-bond acceptors (Lipinski definition) is 5. The van der Waals surface area contributed by atoms with E-state index in [9.17, 15) is 13.6 Å². The van der Waals surface area contributed by atoms with Crippen molar-refractivity contribution >= 4 is 23.0 Å². The lowest BCUT2D eigenvalue weighted by molar-refractivity contribution is -0.137. The number of nitrogens with zero attached hydrogens (tertiary/aromatic N) is 4. The average molecular weight is 506 g/mol. The van der Waals surface area contributed by atoms with Gasteiger partial charge in [-0.2, -0.15) is 0 Å². The third-order valence-electron chi connectivity index (χ3n) is 6.83. The number of rotatable bonds is 9. The van der Waals surface area contributed by atoms with Crippen LogP contribution < -0.4 is 4.90 Å². The van der Waals surface area contributed by atoms with E-state index in [0.29, 0.717) is 42.2 Å². The number of carboxylic acids is 1. The molecular formula is C28H29F2N5O2. The molecule has 4 aromatic rings. The Morgan fingerprint density at radius 2 is 1.89 bits per heavy atom. The molecule has 0 aliphatic carbocycles. The van der Waals surface area contributed by atoms with Crippen LogP contribution in [0.15, 0.2) is 54.9 Å². The van der Waals surface area contributed by atoms with Crippen LogP contribution in [-0.4, -0.2) is 44.1 Å². The van der Waals surface area contributed by atoms with E-state index in [2.05, 4.69) is 19.9 Å². The largest absolute Gasteiger partial charge is 0.481 e. The minimum atomic E-state index is -2.85.